The minimum atomic E-state index is -1.48. The monoisotopic (exact) mass is 313 g/mol. The summed E-state index contributed by atoms with van der Waals surface area (Å²) in [5, 5.41) is 11.4. The summed E-state index contributed by atoms with van der Waals surface area (Å²) in [6.45, 7) is 5.31. The van der Waals surface area contributed by atoms with Gasteiger partial charge in [0, 0.05) is 11.0 Å². The van der Waals surface area contributed by atoms with Crippen LogP contribution >= 0.6 is 0 Å². The summed E-state index contributed by atoms with van der Waals surface area (Å²) >= 11 is 0. The molecule has 0 aromatic heterocycles. The van der Waals surface area contributed by atoms with Crippen molar-refractivity contribution in [3.8, 4) is 0 Å². The third kappa shape index (κ3) is 2.02. The Morgan fingerprint density at radius 1 is 1.14 bits per heavy atom. The Morgan fingerprint density at radius 3 is 2.32 bits per heavy atom. The highest BCUT2D eigenvalue weighted by Gasteiger charge is 2.57. The molecule has 3 rings (SSSR count). The van der Waals surface area contributed by atoms with E-state index in [2.05, 4.69) is 4.90 Å². The number of benzene rings is 1. The van der Waals surface area contributed by atoms with Crippen LogP contribution in [0, 0.1) is 28.8 Å². The summed E-state index contributed by atoms with van der Waals surface area (Å²) in [4.78, 5) is 2.16. The second kappa shape index (κ2) is 4.96. The second-order valence-electron chi connectivity index (χ2n) is 7.43. The van der Waals surface area contributed by atoms with Crippen LogP contribution in [0.15, 0.2) is 6.07 Å². The Morgan fingerprint density at radius 2 is 1.73 bits per heavy atom. The number of rotatable bonds is 1. The summed E-state index contributed by atoms with van der Waals surface area (Å²) in [7, 11) is 2.00. The highest BCUT2D eigenvalue weighted by atomic mass is 19.2. The van der Waals surface area contributed by atoms with Crippen molar-refractivity contribution in [3.63, 3.8) is 0 Å². The Labute approximate surface area is 128 Å². The number of halogens is 3. The SMILES string of the molecule is CN1CCC(C2(O)c3c(cc(F)c(F)c3F)CC2(C)C)CC1. The van der Waals surface area contributed by atoms with Crippen molar-refractivity contribution < 1.29 is 18.3 Å². The molecule has 0 amide bonds. The number of hydrogen-bond donors (Lipinski definition) is 1. The molecular formula is C17H22F3NO. The van der Waals surface area contributed by atoms with Gasteiger partial charge < -0.3 is 10.0 Å². The minimum Gasteiger partial charge on any atom is -0.384 e. The second-order valence-corrected chi connectivity index (χ2v) is 7.43. The van der Waals surface area contributed by atoms with Crippen LogP contribution in [0.1, 0.15) is 37.8 Å². The van der Waals surface area contributed by atoms with Gasteiger partial charge in [0.2, 0.25) is 0 Å². The first-order valence-corrected chi connectivity index (χ1v) is 7.76. The molecule has 0 saturated carbocycles. The van der Waals surface area contributed by atoms with Crippen molar-refractivity contribution in [2.24, 2.45) is 11.3 Å². The first-order chi connectivity index (χ1) is 10.2. The summed E-state index contributed by atoms with van der Waals surface area (Å²) in [5.41, 5.74) is -1.74. The van der Waals surface area contributed by atoms with Crippen LogP contribution in [0.4, 0.5) is 13.2 Å². The summed E-state index contributed by atoms with van der Waals surface area (Å²) in [6, 6.07) is 1.04. The zero-order valence-electron chi connectivity index (χ0n) is 13.2. The fourth-order valence-corrected chi connectivity index (χ4v) is 4.33. The van der Waals surface area contributed by atoms with Crippen LogP contribution in [0.25, 0.3) is 0 Å². The molecular weight excluding hydrogens is 291 g/mol. The number of nitrogens with zero attached hydrogens (tertiary/aromatic N) is 1. The van der Waals surface area contributed by atoms with Gasteiger partial charge in [-0.05, 0) is 56.9 Å². The molecule has 1 atom stereocenters. The van der Waals surface area contributed by atoms with Gasteiger partial charge in [0.25, 0.3) is 0 Å². The molecule has 1 N–H and O–H groups in total. The van der Waals surface area contributed by atoms with Gasteiger partial charge in [-0.15, -0.1) is 0 Å². The van der Waals surface area contributed by atoms with E-state index in [1.807, 2.05) is 20.9 Å². The van der Waals surface area contributed by atoms with Crippen molar-refractivity contribution in [1.29, 1.82) is 0 Å². The molecule has 1 saturated heterocycles. The molecule has 122 valence electrons. The van der Waals surface area contributed by atoms with E-state index in [0.717, 1.165) is 19.2 Å². The Bertz CT molecular complexity index is 608. The van der Waals surface area contributed by atoms with Gasteiger partial charge in [-0.25, -0.2) is 13.2 Å². The van der Waals surface area contributed by atoms with Gasteiger partial charge in [0.15, 0.2) is 17.5 Å². The minimum absolute atomic E-state index is 0.0223. The molecule has 1 aliphatic heterocycles. The maximum Gasteiger partial charge on any atom is 0.194 e. The maximum atomic E-state index is 14.4. The van der Waals surface area contributed by atoms with E-state index in [4.69, 9.17) is 0 Å². The Kier molecular flexibility index (Phi) is 3.57. The van der Waals surface area contributed by atoms with Gasteiger partial charge >= 0.3 is 0 Å². The number of fused-ring (bicyclic) bond motifs is 1. The molecule has 0 bridgehead atoms. The van der Waals surface area contributed by atoms with E-state index in [-0.39, 0.29) is 11.5 Å². The molecule has 1 aromatic carbocycles. The molecule has 1 aliphatic carbocycles. The lowest BCUT2D eigenvalue weighted by molar-refractivity contribution is -0.123. The average Bonchev–Trinajstić information content (AvgIpc) is 2.64. The van der Waals surface area contributed by atoms with Crippen LogP contribution in [0.2, 0.25) is 0 Å². The van der Waals surface area contributed by atoms with Crippen LogP contribution in [0.3, 0.4) is 0 Å². The van der Waals surface area contributed by atoms with Crippen molar-refractivity contribution in [3.05, 3.63) is 34.6 Å². The normalized spacial score (nSPS) is 28.9. The predicted molar refractivity (Wildman–Crippen MR) is 77.9 cm³/mol. The molecule has 22 heavy (non-hydrogen) atoms. The standard InChI is InChI=1S/C17H22F3NO/c1-16(2)9-10-8-12(18)14(19)15(20)13(10)17(16,22)11-4-6-21(3)7-5-11/h8,11,22H,4-7,9H2,1-3H3. The van der Waals surface area contributed by atoms with E-state index in [0.29, 0.717) is 24.8 Å². The van der Waals surface area contributed by atoms with Crippen LogP contribution < -0.4 is 0 Å². The lowest BCUT2D eigenvalue weighted by Gasteiger charge is -2.46. The first kappa shape index (κ1) is 15.8. The average molecular weight is 313 g/mol. The zero-order chi connectivity index (χ0) is 16.3. The largest absolute Gasteiger partial charge is 0.384 e. The van der Waals surface area contributed by atoms with Crippen LogP contribution in [0.5, 0.6) is 0 Å². The lowest BCUT2D eigenvalue weighted by Crippen LogP contribution is -2.49. The van der Waals surface area contributed by atoms with Crippen LogP contribution in [-0.2, 0) is 12.0 Å². The van der Waals surface area contributed by atoms with Gasteiger partial charge in [-0.1, -0.05) is 13.8 Å². The molecule has 1 heterocycles. The van der Waals surface area contributed by atoms with Gasteiger partial charge in [-0.2, -0.15) is 0 Å². The molecule has 0 radical (unpaired) electrons. The van der Waals surface area contributed by atoms with Crippen molar-refractivity contribution in [2.45, 2.75) is 38.7 Å². The third-order valence-corrected chi connectivity index (χ3v) is 5.60. The fraction of sp³-hybridized carbons (Fsp3) is 0.647. The fourth-order valence-electron chi connectivity index (χ4n) is 4.33. The van der Waals surface area contributed by atoms with Crippen molar-refractivity contribution in [2.75, 3.05) is 20.1 Å². The van der Waals surface area contributed by atoms with Gasteiger partial charge in [-0.3, -0.25) is 0 Å². The predicted octanol–water partition coefficient (Wildman–Crippen LogP) is 3.22. The van der Waals surface area contributed by atoms with Gasteiger partial charge in [0.1, 0.15) is 5.60 Å². The Balaban J connectivity index is 2.14. The number of piperidine rings is 1. The van der Waals surface area contributed by atoms with E-state index in [9.17, 15) is 18.3 Å². The van der Waals surface area contributed by atoms with Crippen LogP contribution in [-0.4, -0.2) is 30.1 Å². The number of likely N-dealkylation sites (tertiary alicyclic amines) is 1. The molecule has 1 aromatic rings. The molecule has 5 heteroatoms. The van der Waals surface area contributed by atoms with Crippen molar-refractivity contribution >= 4 is 0 Å². The summed E-state index contributed by atoms with van der Waals surface area (Å²) < 4.78 is 41.7. The third-order valence-electron chi connectivity index (χ3n) is 5.60. The van der Waals surface area contributed by atoms with Crippen molar-refractivity contribution in [1.82, 2.24) is 4.90 Å². The molecule has 1 fully saturated rings. The highest BCUT2D eigenvalue weighted by Crippen LogP contribution is 2.57. The first-order valence-electron chi connectivity index (χ1n) is 7.76. The molecule has 2 nitrogen and oxygen atoms in total. The van der Waals surface area contributed by atoms with E-state index in [1.54, 1.807) is 0 Å². The Hall–Kier alpha value is -1.07. The maximum absolute atomic E-state index is 14.4. The summed E-state index contributed by atoms with van der Waals surface area (Å²) in [6.07, 6.45) is 1.78. The molecule has 2 aliphatic rings. The smallest absolute Gasteiger partial charge is 0.194 e. The summed E-state index contributed by atoms with van der Waals surface area (Å²) in [5.74, 6) is -4.04. The van der Waals surface area contributed by atoms with E-state index >= 15 is 0 Å². The highest BCUT2D eigenvalue weighted by molar-refractivity contribution is 5.43. The van der Waals surface area contributed by atoms with Gasteiger partial charge in [0.05, 0.1) is 0 Å². The van der Waals surface area contributed by atoms with E-state index < -0.39 is 28.5 Å². The molecule has 1 unspecified atom stereocenters. The topological polar surface area (TPSA) is 23.5 Å². The quantitative estimate of drug-likeness (QED) is 0.805. The van der Waals surface area contributed by atoms with E-state index in [1.165, 1.54) is 0 Å². The lowest BCUT2D eigenvalue weighted by atomic mass is 9.65. The molecule has 0 spiro atoms. The zero-order valence-corrected chi connectivity index (χ0v) is 13.2. The number of hydrogen-bond acceptors (Lipinski definition) is 2. The number of aliphatic hydroxyl groups is 1.